The van der Waals surface area contributed by atoms with Crippen LogP contribution < -0.4 is 4.74 Å². The number of benzene rings is 2. The Kier molecular flexibility index (Phi) is 6.61. The lowest BCUT2D eigenvalue weighted by Crippen LogP contribution is -2.45. The van der Waals surface area contributed by atoms with Gasteiger partial charge in [-0.3, -0.25) is 9.36 Å². The molecule has 6 nitrogen and oxygen atoms in total. The Morgan fingerprint density at radius 1 is 1.13 bits per heavy atom. The third kappa shape index (κ3) is 4.77. The van der Waals surface area contributed by atoms with Crippen LogP contribution in [0.3, 0.4) is 0 Å². The fourth-order valence-electron chi connectivity index (χ4n) is 4.11. The number of carbonyl (C=O) groups is 1. The largest absolute Gasteiger partial charge is 0.497 e. The van der Waals surface area contributed by atoms with E-state index < -0.39 is 0 Å². The summed E-state index contributed by atoms with van der Waals surface area (Å²) in [6.07, 6.45) is 2.14. The minimum Gasteiger partial charge on any atom is -0.497 e. The van der Waals surface area contributed by atoms with Gasteiger partial charge in [0, 0.05) is 23.8 Å². The molecule has 0 N–H and O–H groups in total. The second-order valence-electron chi connectivity index (χ2n) is 8.06. The molecule has 3 aromatic rings. The zero-order valence-electron chi connectivity index (χ0n) is 18.2. The summed E-state index contributed by atoms with van der Waals surface area (Å²) in [7, 11) is 1.65. The molecule has 1 amide bonds. The second kappa shape index (κ2) is 9.56. The maximum Gasteiger partial charge on any atom is 0.233 e. The molecular weight excluding hydrogens is 408 g/mol. The molecule has 0 saturated carbocycles. The molecule has 2 atom stereocenters. The first-order chi connectivity index (χ1) is 15.1. The van der Waals surface area contributed by atoms with Crippen LogP contribution in [-0.4, -0.2) is 51.0 Å². The van der Waals surface area contributed by atoms with Crippen molar-refractivity contribution in [1.82, 2.24) is 19.7 Å². The summed E-state index contributed by atoms with van der Waals surface area (Å²) in [6.45, 7) is 5.24. The molecule has 1 aliphatic rings. The van der Waals surface area contributed by atoms with Crippen molar-refractivity contribution in [3.63, 3.8) is 0 Å². The number of aromatic nitrogens is 3. The molecule has 0 spiro atoms. The zero-order valence-corrected chi connectivity index (χ0v) is 19.0. The van der Waals surface area contributed by atoms with Gasteiger partial charge in [0.25, 0.3) is 0 Å². The summed E-state index contributed by atoms with van der Waals surface area (Å²) < 4.78 is 7.39. The molecule has 2 aromatic carbocycles. The number of amides is 1. The van der Waals surface area contributed by atoms with Gasteiger partial charge in [0.2, 0.25) is 5.91 Å². The first kappa shape index (κ1) is 21.4. The summed E-state index contributed by atoms with van der Waals surface area (Å²) in [5.41, 5.74) is 1.87. The lowest BCUT2D eigenvalue weighted by Gasteiger charge is -2.36. The maximum absolute atomic E-state index is 12.9. The van der Waals surface area contributed by atoms with Crippen LogP contribution in [-0.2, 0) is 4.79 Å². The van der Waals surface area contributed by atoms with Gasteiger partial charge in [0.15, 0.2) is 11.0 Å². The van der Waals surface area contributed by atoms with Crippen LogP contribution in [0.2, 0.25) is 0 Å². The van der Waals surface area contributed by atoms with Gasteiger partial charge in [0.05, 0.1) is 12.9 Å². The van der Waals surface area contributed by atoms with Crippen LogP contribution in [0.5, 0.6) is 5.75 Å². The molecule has 0 aliphatic carbocycles. The number of piperidine rings is 1. The quantitative estimate of drug-likeness (QED) is 0.525. The fourth-order valence-corrected chi connectivity index (χ4v) is 4.95. The Hall–Kier alpha value is -2.80. The SMILES string of the molecule is COc1cccc(-c2nnc(SCC(=O)N3CC[C@H](C)C[C@H]3C)n2-c2ccccc2)c1. The van der Waals surface area contributed by atoms with E-state index in [1.165, 1.54) is 11.8 Å². The highest BCUT2D eigenvalue weighted by molar-refractivity contribution is 7.99. The number of hydrogen-bond acceptors (Lipinski definition) is 5. The first-order valence-electron chi connectivity index (χ1n) is 10.6. The molecular formula is C24H28N4O2S. The highest BCUT2D eigenvalue weighted by Crippen LogP contribution is 2.30. The number of hydrogen-bond donors (Lipinski definition) is 0. The molecule has 1 aliphatic heterocycles. The summed E-state index contributed by atoms with van der Waals surface area (Å²) in [6, 6.07) is 18.1. The third-order valence-corrected chi connectivity index (χ3v) is 6.67. The molecule has 31 heavy (non-hydrogen) atoms. The molecule has 2 heterocycles. The molecule has 0 unspecified atom stereocenters. The van der Waals surface area contributed by atoms with E-state index in [2.05, 4.69) is 24.0 Å². The Morgan fingerprint density at radius 3 is 2.68 bits per heavy atom. The maximum atomic E-state index is 12.9. The van der Waals surface area contributed by atoms with Crippen molar-refractivity contribution in [2.45, 2.75) is 37.9 Å². The summed E-state index contributed by atoms with van der Waals surface area (Å²) in [5.74, 6) is 2.67. The minimum atomic E-state index is 0.162. The van der Waals surface area contributed by atoms with Gasteiger partial charge in [-0.25, -0.2) is 0 Å². The highest BCUT2D eigenvalue weighted by Gasteiger charge is 2.27. The van der Waals surface area contributed by atoms with Crippen molar-refractivity contribution in [2.24, 2.45) is 5.92 Å². The summed E-state index contributed by atoms with van der Waals surface area (Å²) >= 11 is 1.44. The molecule has 162 valence electrons. The van der Waals surface area contributed by atoms with Crippen LogP contribution in [0.25, 0.3) is 17.1 Å². The number of methoxy groups -OCH3 is 1. The van der Waals surface area contributed by atoms with Crippen LogP contribution in [0.4, 0.5) is 0 Å². The summed E-state index contributed by atoms with van der Waals surface area (Å²) in [4.78, 5) is 14.9. The molecule has 1 aromatic heterocycles. The van der Waals surface area contributed by atoms with Crippen molar-refractivity contribution in [1.29, 1.82) is 0 Å². The predicted octanol–water partition coefficient (Wildman–Crippen LogP) is 4.68. The zero-order chi connectivity index (χ0) is 21.8. The normalized spacial score (nSPS) is 18.7. The van der Waals surface area contributed by atoms with Gasteiger partial charge in [-0.1, -0.05) is 49.0 Å². The van der Waals surface area contributed by atoms with Crippen molar-refractivity contribution in [2.75, 3.05) is 19.4 Å². The van der Waals surface area contributed by atoms with E-state index in [9.17, 15) is 4.79 Å². The number of para-hydroxylation sites is 1. The Morgan fingerprint density at radius 2 is 1.94 bits per heavy atom. The van der Waals surface area contributed by atoms with Crippen molar-refractivity contribution in [3.05, 3.63) is 54.6 Å². The third-order valence-electron chi connectivity index (χ3n) is 5.76. The number of carbonyl (C=O) groups excluding carboxylic acids is 1. The van der Waals surface area contributed by atoms with Gasteiger partial charge in [0.1, 0.15) is 5.75 Å². The van der Waals surface area contributed by atoms with Crippen LogP contribution in [0.1, 0.15) is 26.7 Å². The first-order valence-corrected chi connectivity index (χ1v) is 11.6. The number of nitrogens with zero attached hydrogens (tertiary/aromatic N) is 4. The molecule has 0 radical (unpaired) electrons. The molecule has 7 heteroatoms. The Bertz CT molecular complexity index is 1040. The van der Waals surface area contributed by atoms with Crippen molar-refractivity contribution < 1.29 is 9.53 Å². The Balaban J connectivity index is 1.61. The highest BCUT2D eigenvalue weighted by atomic mass is 32.2. The van der Waals surface area contributed by atoms with Gasteiger partial charge in [-0.2, -0.15) is 0 Å². The lowest BCUT2D eigenvalue weighted by molar-refractivity contribution is -0.132. The van der Waals surface area contributed by atoms with E-state index in [0.29, 0.717) is 16.8 Å². The molecule has 1 fully saturated rings. The number of likely N-dealkylation sites (tertiary alicyclic amines) is 1. The van der Waals surface area contributed by atoms with Gasteiger partial charge in [-0.05, 0) is 49.9 Å². The standard InChI is InChI=1S/C24H28N4O2S/c1-17-12-13-27(18(2)14-17)22(29)16-31-24-26-25-23(19-8-7-11-21(15-19)30-3)28(24)20-9-5-4-6-10-20/h4-11,15,17-18H,12-14,16H2,1-3H3/t17-,18+/m0/s1. The number of rotatable bonds is 6. The predicted molar refractivity (Wildman–Crippen MR) is 124 cm³/mol. The van der Waals surface area contributed by atoms with Gasteiger partial charge < -0.3 is 9.64 Å². The average molecular weight is 437 g/mol. The van der Waals surface area contributed by atoms with Crippen LogP contribution in [0.15, 0.2) is 59.8 Å². The smallest absolute Gasteiger partial charge is 0.233 e. The van der Waals surface area contributed by atoms with E-state index in [-0.39, 0.29) is 11.9 Å². The fraction of sp³-hybridized carbons (Fsp3) is 0.375. The topological polar surface area (TPSA) is 60.3 Å². The van der Waals surface area contributed by atoms with Gasteiger partial charge in [-0.15, -0.1) is 10.2 Å². The average Bonchev–Trinajstić information content (AvgIpc) is 3.22. The van der Waals surface area contributed by atoms with E-state index >= 15 is 0 Å². The monoisotopic (exact) mass is 436 g/mol. The molecule has 4 rings (SSSR count). The van der Waals surface area contributed by atoms with Crippen molar-refractivity contribution >= 4 is 17.7 Å². The molecule has 1 saturated heterocycles. The minimum absolute atomic E-state index is 0.162. The second-order valence-corrected chi connectivity index (χ2v) is 9.01. The Labute approximate surface area is 187 Å². The summed E-state index contributed by atoms with van der Waals surface area (Å²) in [5, 5.41) is 9.61. The van der Waals surface area contributed by atoms with Gasteiger partial charge >= 0.3 is 0 Å². The van der Waals surface area contributed by atoms with E-state index in [1.807, 2.05) is 64.1 Å². The van der Waals surface area contributed by atoms with Crippen LogP contribution in [0, 0.1) is 5.92 Å². The van der Waals surface area contributed by atoms with Crippen LogP contribution >= 0.6 is 11.8 Å². The van der Waals surface area contributed by atoms with E-state index in [0.717, 1.165) is 42.2 Å². The lowest BCUT2D eigenvalue weighted by atomic mass is 9.93. The van der Waals surface area contributed by atoms with E-state index in [1.54, 1.807) is 7.11 Å². The van der Waals surface area contributed by atoms with E-state index in [4.69, 9.17) is 4.74 Å². The molecule has 0 bridgehead atoms. The number of thioether (sulfide) groups is 1. The number of ether oxygens (including phenoxy) is 1. The van der Waals surface area contributed by atoms with Crippen molar-refractivity contribution in [3.8, 4) is 22.8 Å².